The number of aromatic nitrogens is 1. The number of hydrogen-bond acceptors (Lipinski definition) is 7. The van der Waals surface area contributed by atoms with Gasteiger partial charge in [0.25, 0.3) is 10.0 Å². The number of esters is 1. The topological polar surface area (TPSA) is 104 Å². The standard InChI is InChI=1S/C28H21Cl2FN2O6S/c1-37-25-12-5-18(13-27(25)38-2)26(14-22-23(29)15-32-16-24(22)30)39-28(34)17-3-8-20(9-4-17)33-40(35,36)21-10-6-19(31)7-11-21/h3-16,33H,1-2H3/b26-14-. The van der Waals surface area contributed by atoms with Gasteiger partial charge < -0.3 is 14.2 Å². The summed E-state index contributed by atoms with van der Waals surface area (Å²) >= 11 is 12.6. The van der Waals surface area contributed by atoms with Gasteiger partial charge in [-0.3, -0.25) is 9.71 Å². The van der Waals surface area contributed by atoms with Gasteiger partial charge in [-0.15, -0.1) is 0 Å². The minimum absolute atomic E-state index is 0.0991. The summed E-state index contributed by atoms with van der Waals surface area (Å²) in [5.74, 6) is -0.337. The molecule has 0 aliphatic rings. The van der Waals surface area contributed by atoms with E-state index in [1.807, 2.05) is 0 Å². The van der Waals surface area contributed by atoms with Crippen LogP contribution in [0.2, 0.25) is 10.0 Å². The summed E-state index contributed by atoms with van der Waals surface area (Å²) in [4.78, 5) is 17.0. The van der Waals surface area contributed by atoms with Crippen molar-refractivity contribution in [2.45, 2.75) is 4.90 Å². The quantitative estimate of drug-likeness (QED) is 0.168. The average Bonchev–Trinajstić information content (AvgIpc) is 2.94. The number of halogens is 3. The molecule has 4 rings (SSSR count). The van der Waals surface area contributed by atoms with Gasteiger partial charge in [-0.05, 0) is 72.8 Å². The van der Waals surface area contributed by atoms with Crippen LogP contribution in [0.4, 0.5) is 10.1 Å². The second-order valence-corrected chi connectivity index (χ2v) is 10.6. The lowest BCUT2D eigenvalue weighted by Gasteiger charge is -2.14. The van der Waals surface area contributed by atoms with Crippen LogP contribution in [0.3, 0.4) is 0 Å². The minimum Gasteiger partial charge on any atom is -0.493 e. The summed E-state index contributed by atoms with van der Waals surface area (Å²) in [6.07, 6.45) is 4.30. The number of hydrogen-bond donors (Lipinski definition) is 1. The zero-order valence-electron chi connectivity index (χ0n) is 21.0. The number of benzene rings is 3. The molecule has 3 aromatic carbocycles. The number of nitrogens with zero attached hydrogens (tertiary/aromatic N) is 1. The number of anilines is 1. The lowest BCUT2D eigenvalue weighted by Crippen LogP contribution is -2.13. The molecule has 0 radical (unpaired) electrons. The van der Waals surface area contributed by atoms with Gasteiger partial charge in [-0.1, -0.05) is 23.2 Å². The molecule has 0 bridgehead atoms. The van der Waals surface area contributed by atoms with Crippen molar-refractivity contribution in [1.29, 1.82) is 0 Å². The fourth-order valence-electron chi connectivity index (χ4n) is 3.51. The van der Waals surface area contributed by atoms with Crippen LogP contribution in [0.15, 0.2) is 84.0 Å². The van der Waals surface area contributed by atoms with E-state index < -0.39 is 21.8 Å². The molecule has 0 spiro atoms. The second kappa shape index (κ2) is 12.4. The maximum atomic E-state index is 13.2. The highest BCUT2D eigenvalue weighted by Gasteiger charge is 2.18. The van der Waals surface area contributed by atoms with Crippen molar-refractivity contribution < 1.29 is 31.8 Å². The number of ether oxygens (including phenoxy) is 3. The molecule has 1 N–H and O–H groups in total. The Labute approximate surface area is 240 Å². The molecule has 206 valence electrons. The van der Waals surface area contributed by atoms with E-state index in [0.717, 1.165) is 24.3 Å². The summed E-state index contributed by atoms with van der Waals surface area (Å²) < 4.78 is 57.1. The molecule has 0 saturated heterocycles. The van der Waals surface area contributed by atoms with Crippen LogP contribution >= 0.6 is 23.2 Å². The monoisotopic (exact) mass is 602 g/mol. The van der Waals surface area contributed by atoms with Gasteiger partial charge in [0.05, 0.1) is 34.7 Å². The van der Waals surface area contributed by atoms with Crippen molar-refractivity contribution in [3.63, 3.8) is 0 Å². The molecule has 0 saturated carbocycles. The lowest BCUT2D eigenvalue weighted by atomic mass is 10.1. The number of rotatable bonds is 9. The number of nitrogens with one attached hydrogen (secondary N) is 1. The maximum Gasteiger partial charge on any atom is 0.343 e. The largest absolute Gasteiger partial charge is 0.493 e. The van der Waals surface area contributed by atoms with E-state index in [2.05, 4.69) is 9.71 Å². The van der Waals surface area contributed by atoms with Crippen LogP contribution in [0.25, 0.3) is 11.8 Å². The number of carbonyl (C=O) groups is 1. The molecule has 1 aromatic heterocycles. The van der Waals surface area contributed by atoms with Crippen molar-refractivity contribution in [2.75, 3.05) is 18.9 Å². The van der Waals surface area contributed by atoms with Gasteiger partial charge in [0.1, 0.15) is 11.6 Å². The zero-order chi connectivity index (χ0) is 28.9. The van der Waals surface area contributed by atoms with Crippen LogP contribution in [-0.4, -0.2) is 33.6 Å². The molecule has 12 heteroatoms. The lowest BCUT2D eigenvalue weighted by molar-refractivity contribution is 0.0693. The van der Waals surface area contributed by atoms with Gasteiger partial charge in [0.2, 0.25) is 0 Å². The molecule has 0 amide bonds. The summed E-state index contributed by atoms with van der Waals surface area (Å²) in [7, 11) is -1.00. The van der Waals surface area contributed by atoms with Gasteiger partial charge in [-0.2, -0.15) is 0 Å². The van der Waals surface area contributed by atoms with E-state index in [9.17, 15) is 17.6 Å². The van der Waals surface area contributed by atoms with E-state index in [0.29, 0.717) is 22.6 Å². The van der Waals surface area contributed by atoms with Crippen molar-refractivity contribution in [2.24, 2.45) is 0 Å². The van der Waals surface area contributed by atoms with Crippen LogP contribution in [-0.2, 0) is 14.8 Å². The molecule has 0 atom stereocenters. The molecule has 4 aromatic rings. The predicted molar refractivity (Wildman–Crippen MR) is 151 cm³/mol. The van der Waals surface area contributed by atoms with Crippen LogP contribution < -0.4 is 14.2 Å². The van der Waals surface area contributed by atoms with Gasteiger partial charge in [0, 0.05) is 29.2 Å². The SMILES string of the molecule is COc1ccc(/C(=C/c2c(Cl)cncc2Cl)OC(=O)c2ccc(NS(=O)(=O)c3ccc(F)cc3)cc2)cc1OC. The zero-order valence-corrected chi connectivity index (χ0v) is 23.4. The number of methoxy groups -OCH3 is 2. The summed E-state index contributed by atoms with van der Waals surface area (Å²) in [6.45, 7) is 0. The Morgan fingerprint density at radius 3 is 2.08 bits per heavy atom. The Kier molecular flexibility index (Phi) is 8.93. The third-order valence-electron chi connectivity index (χ3n) is 5.53. The van der Waals surface area contributed by atoms with Crippen molar-refractivity contribution in [3.05, 3.63) is 112 Å². The normalized spacial score (nSPS) is 11.6. The molecular weight excluding hydrogens is 582 g/mol. The molecular formula is C28H21Cl2FN2O6S. The van der Waals surface area contributed by atoms with Crippen molar-refractivity contribution in [3.8, 4) is 11.5 Å². The molecule has 40 heavy (non-hydrogen) atoms. The fraction of sp³-hybridized carbons (Fsp3) is 0.0714. The Morgan fingerprint density at radius 1 is 0.875 bits per heavy atom. The van der Waals surface area contributed by atoms with Crippen molar-refractivity contribution >= 4 is 56.7 Å². The van der Waals surface area contributed by atoms with Crippen LogP contribution in [0.5, 0.6) is 11.5 Å². The van der Waals surface area contributed by atoms with Crippen LogP contribution in [0.1, 0.15) is 21.5 Å². The van der Waals surface area contributed by atoms with E-state index in [1.54, 1.807) is 18.2 Å². The summed E-state index contributed by atoms with van der Waals surface area (Å²) in [6, 6.07) is 14.9. The van der Waals surface area contributed by atoms with Gasteiger partial charge in [-0.25, -0.2) is 17.6 Å². The Bertz CT molecular complexity index is 1660. The highest BCUT2D eigenvalue weighted by atomic mass is 35.5. The second-order valence-electron chi connectivity index (χ2n) is 8.12. The maximum absolute atomic E-state index is 13.2. The molecule has 0 unspecified atom stereocenters. The third-order valence-corrected chi connectivity index (χ3v) is 7.53. The molecule has 8 nitrogen and oxygen atoms in total. The first kappa shape index (κ1) is 28.9. The van der Waals surface area contributed by atoms with E-state index in [-0.39, 0.29) is 32.0 Å². The first-order valence-corrected chi connectivity index (χ1v) is 13.7. The van der Waals surface area contributed by atoms with Crippen molar-refractivity contribution in [1.82, 2.24) is 4.98 Å². The Balaban J connectivity index is 1.62. The predicted octanol–water partition coefficient (Wildman–Crippen LogP) is 6.70. The highest BCUT2D eigenvalue weighted by molar-refractivity contribution is 7.92. The highest BCUT2D eigenvalue weighted by Crippen LogP contribution is 2.34. The summed E-state index contributed by atoms with van der Waals surface area (Å²) in [5.41, 5.74) is 1.15. The Hall–Kier alpha value is -4.12. The summed E-state index contributed by atoms with van der Waals surface area (Å²) in [5, 5.41) is 0.471. The minimum atomic E-state index is -3.97. The first-order valence-electron chi connectivity index (χ1n) is 11.4. The van der Waals surface area contributed by atoms with Gasteiger partial charge in [0.15, 0.2) is 11.5 Å². The average molecular weight is 603 g/mol. The first-order chi connectivity index (χ1) is 19.1. The fourth-order valence-corrected chi connectivity index (χ4v) is 5.04. The molecule has 0 fully saturated rings. The molecule has 1 heterocycles. The third kappa shape index (κ3) is 6.71. The van der Waals surface area contributed by atoms with E-state index in [4.69, 9.17) is 37.4 Å². The molecule has 0 aliphatic heterocycles. The van der Waals surface area contributed by atoms with Gasteiger partial charge >= 0.3 is 5.97 Å². The molecule has 0 aliphatic carbocycles. The number of sulfonamides is 1. The number of carbonyl (C=O) groups excluding carboxylic acids is 1. The van der Waals surface area contributed by atoms with E-state index in [1.165, 1.54) is 57.0 Å². The number of pyridine rings is 1. The van der Waals surface area contributed by atoms with Crippen LogP contribution in [0, 0.1) is 5.82 Å². The smallest absolute Gasteiger partial charge is 0.343 e. The van der Waals surface area contributed by atoms with E-state index >= 15 is 0 Å². The Morgan fingerprint density at radius 2 is 1.48 bits per heavy atom.